The average molecular weight is 667 g/mol. The molecule has 3 N–H and O–H groups in total. The molecule has 3 aliphatic carbocycles. The molecule has 7 nitrogen and oxygen atoms in total. The largest absolute Gasteiger partial charge is 0.393 e. The lowest BCUT2D eigenvalue weighted by molar-refractivity contribution is -0.0775. The van der Waals surface area contributed by atoms with Crippen molar-refractivity contribution >= 4 is 11.8 Å². The molecule has 0 radical (unpaired) electrons. The minimum Gasteiger partial charge on any atom is -0.393 e. The third-order valence-corrected chi connectivity index (χ3v) is 11.1. The standard InChI is InChI=1S/C42H54N2O5/c1-30-13-11-23-41(3)38(36-21-19-32(27-35(45)20-18-30)28-37(36)39(46)34-16-9-6-10-17-34)22-24-42(41,48)29-44(25-12-26-49-4)40(47)43-31(2)33-14-7-5-8-15-33/h5-10,13-17,19,21,28,31,35,38,45,48H,11-12,18,20,22-27,29H2,1-4H3,(H,43,47). The summed E-state index contributed by atoms with van der Waals surface area (Å²) in [5.74, 6) is -0.175. The van der Waals surface area contributed by atoms with E-state index in [0.717, 1.165) is 29.5 Å². The second kappa shape index (κ2) is 16.3. The fourth-order valence-electron chi connectivity index (χ4n) is 8.01. The molecule has 3 aliphatic rings. The van der Waals surface area contributed by atoms with Crippen molar-refractivity contribution in [1.29, 1.82) is 0 Å². The van der Waals surface area contributed by atoms with E-state index in [2.05, 4.69) is 31.3 Å². The van der Waals surface area contributed by atoms with Crippen molar-refractivity contribution in [2.75, 3.05) is 26.8 Å². The fourth-order valence-corrected chi connectivity index (χ4v) is 8.01. The van der Waals surface area contributed by atoms with E-state index in [9.17, 15) is 19.8 Å². The Kier molecular flexibility index (Phi) is 12.1. The molecular formula is C42H54N2O5. The molecule has 3 aromatic rings. The number of carbonyl (C=O) groups excluding carboxylic acids is 2. The maximum absolute atomic E-state index is 14.2. The minimum atomic E-state index is -1.21. The van der Waals surface area contributed by atoms with Crippen LogP contribution >= 0.6 is 0 Å². The zero-order chi connectivity index (χ0) is 35.0. The van der Waals surface area contributed by atoms with Crippen LogP contribution in [-0.2, 0) is 11.2 Å². The van der Waals surface area contributed by atoms with Crippen LogP contribution in [0.25, 0.3) is 0 Å². The molecule has 0 spiro atoms. The summed E-state index contributed by atoms with van der Waals surface area (Å²) in [7, 11) is 1.66. The molecule has 1 fully saturated rings. The maximum atomic E-state index is 14.2. The van der Waals surface area contributed by atoms with Gasteiger partial charge in [0, 0.05) is 36.8 Å². The summed E-state index contributed by atoms with van der Waals surface area (Å²) in [6.45, 7) is 7.37. The number of nitrogens with zero attached hydrogens (tertiary/aromatic N) is 1. The highest BCUT2D eigenvalue weighted by atomic mass is 16.5. The SMILES string of the molecule is COCCCN(CC1(O)CCC2c3ccc(cc3C(=O)c3ccccc3)CC(O)CCC(C)=CCCC21C)C(=O)NC(C)c1ccccc1. The number of rotatable bonds is 10. The number of fused-ring (bicyclic) bond motifs is 8. The topological polar surface area (TPSA) is 99.1 Å². The van der Waals surface area contributed by atoms with Crippen LogP contribution in [0, 0.1) is 5.41 Å². The molecule has 0 heterocycles. The summed E-state index contributed by atoms with van der Waals surface area (Å²) in [4.78, 5) is 29.9. The van der Waals surface area contributed by atoms with Gasteiger partial charge in [0.15, 0.2) is 5.78 Å². The molecule has 49 heavy (non-hydrogen) atoms. The number of methoxy groups -OCH3 is 1. The lowest BCUT2D eigenvalue weighted by atomic mass is 9.64. The van der Waals surface area contributed by atoms with Crippen LogP contribution in [0.5, 0.6) is 0 Å². The number of allylic oxidation sites excluding steroid dienone is 2. The van der Waals surface area contributed by atoms with E-state index >= 15 is 0 Å². The van der Waals surface area contributed by atoms with Crippen molar-refractivity contribution in [2.45, 2.75) is 95.8 Å². The van der Waals surface area contributed by atoms with Crippen molar-refractivity contribution in [3.8, 4) is 0 Å². The minimum absolute atomic E-state index is 0.0527. The highest BCUT2D eigenvalue weighted by molar-refractivity contribution is 6.10. The number of hydrogen-bond acceptors (Lipinski definition) is 5. The first-order valence-corrected chi connectivity index (χ1v) is 17.9. The summed E-state index contributed by atoms with van der Waals surface area (Å²) in [6, 6.07) is 24.9. The van der Waals surface area contributed by atoms with E-state index in [1.807, 2.05) is 79.7 Å². The van der Waals surface area contributed by atoms with E-state index < -0.39 is 17.1 Å². The molecule has 6 rings (SSSR count). The molecule has 5 atom stereocenters. The first-order chi connectivity index (χ1) is 23.5. The third kappa shape index (κ3) is 8.51. The predicted molar refractivity (Wildman–Crippen MR) is 195 cm³/mol. The van der Waals surface area contributed by atoms with Crippen molar-refractivity contribution in [1.82, 2.24) is 10.2 Å². The number of carbonyl (C=O) groups is 2. The number of ether oxygens (including phenoxy) is 1. The van der Waals surface area contributed by atoms with Gasteiger partial charge in [-0.1, -0.05) is 91.4 Å². The zero-order valence-corrected chi connectivity index (χ0v) is 29.7. The maximum Gasteiger partial charge on any atom is 0.317 e. The van der Waals surface area contributed by atoms with Crippen molar-refractivity contribution in [2.24, 2.45) is 5.41 Å². The zero-order valence-electron chi connectivity index (χ0n) is 29.7. The first-order valence-electron chi connectivity index (χ1n) is 17.9. The summed E-state index contributed by atoms with van der Waals surface area (Å²) in [5.41, 5.74) is 3.48. The number of nitrogens with one attached hydrogen (secondary N) is 1. The van der Waals surface area contributed by atoms with Crippen LogP contribution in [-0.4, -0.2) is 65.4 Å². The second-order valence-corrected chi connectivity index (χ2v) is 14.5. The summed E-state index contributed by atoms with van der Waals surface area (Å²) in [6.07, 6.45) is 6.89. The Balaban J connectivity index is 1.53. The van der Waals surface area contributed by atoms with Gasteiger partial charge < -0.3 is 25.2 Å². The highest BCUT2D eigenvalue weighted by Crippen LogP contribution is 2.59. The first kappa shape index (κ1) is 36.5. The average Bonchev–Trinajstić information content (AvgIpc) is 3.36. The van der Waals surface area contributed by atoms with Crippen LogP contribution in [0.2, 0.25) is 0 Å². The lowest BCUT2D eigenvalue weighted by Gasteiger charge is -2.46. The Bertz CT molecular complexity index is 1590. The van der Waals surface area contributed by atoms with Gasteiger partial charge in [0.1, 0.15) is 0 Å². The van der Waals surface area contributed by atoms with Gasteiger partial charge in [-0.25, -0.2) is 4.79 Å². The monoisotopic (exact) mass is 666 g/mol. The van der Waals surface area contributed by atoms with Gasteiger partial charge in [0.05, 0.1) is 24.3 Å². The predicted octanol–water partition coefficient (Wildman–Crippen LogP) is 7.77. The Hall–Kier alpha value is -3.78. The van der Waals surface area contributed by atoms with Gasteiger partial charge in [-0.15, -0.1) is 0 Å². The van der Waals surface area contributed by atoms with Gasteiger partial charge in [0.2, 0.25) is 0 Å². The molecular weight excluding hydrogens is 612 g/mol. The lowest BCUT2D eigenvalue weighted by Crippen LogP contribution is -2.55. The Labute approximate surface area is 292 Å². The summed E-state index contributed by atoms with van der Waals surface area (Å²) in [5, 5.41) is 27.0. The van der Waals surface area contributed by atoms with Crippen LogP contribution < -0.4 is 5.32 Å². The molecule has 3 aromatic carbocycles. The number of ketones is 1. The number of urea groups is 1. The molecule has 2 bridgehead atoms. The van der Waals surface area contributed by atoms with Gasteiger partial charge in [-0.3, -0.25) is 4.79 Å². The molecule has 5 unspecified atom stereocenters. The number of amides is 2. The summed E-state index contributed by atoms with van der Waals surface area (Å²) < 4.78 is 5.35. The number of aliphatic hydroxyl groups is 2. The Morgan fingerprint density at radius 3 is 2.45 bits per heavy atom. The molecule has 7 heteroatoms. The van der Waals surface area contributed by atoms with Gasteiger partial charge in [-0.05, 0) is 93.9 Å². The molecule has 1 saturated carbocycles. The molecule has 262 valence electrons. The normalized spacial score (nSPS) is 24.7. The highest BCUT2D eigenvalue weighted by Gasteiger charge is 2.57. The fraction of sp³-hybridized carbons (Fsp3) is 0.476. The Morgan fingerprint density at radius 1 is 1.02 bits per heavy atom. The number of benzene rings is 3. The van der Waals surface area contributed by atoms with Crippen molar-refractivity contribution < 1.29 is 24.5 Å². The molecule has 0 saturated heterocycles. The number of aliphatic hydroxyl groups excluding tert-OH is 1. The van der Waals surface area contributed by atoms with Crippen LogP contribution in [0.15, 0.2) is 90.5 Å². The van der Waals surface area contributed by atoms with Crippen molar-refractivity contribution in [3.05, 3.63) is 118 Å². The van der Waals surface area contributed by atoms with Crippen molar-refractivity contribution in [3.63, 3.8) is 0 Å². The van der Waals surface area contributed by atoms with E-state index in [1.54, 1.807) is 12.0 Å². The van der Waals surface area contributed by atoms with Gasteiger partial charge in [-0.2, -0.15) is 0 Å². The molecule has 2 amide bonds. The van der Waals surface area contributed by atoms with Crippen LogP contribution in [0.4, 0.5) is 4.79 Å². The van der Waals surface area contributed by atoms with Crippen LogP contribution in [0.3, 0.4) is 0 Å². The van der Waals surface area contributed by atoms with Gasteiger partial charge >= 0.3 is 6.03 Å². The van der Waals surface area contributed by atoms with E-state index in [1.165, 1.54) is 5.57 Å². The quantitative estimate of drug-likeness (QED) is 0.117. The Morgan fingerprint density at radius 2 is 1.73 bits per heavy atom. The van der Waals surface area contributed by atoms with E-state index in [4.69, 9.17) is 4.74 Å². The number of hydrogen-bond donors (Lipinski definition) is 3. The van der Waals surface area contributed by atoms with Crippen LogP contribution in [0.1, 0.15) is 110 Å². The third-order valence-electron chi connectivity index (χ3n) is 11.1. The van der Waals surface area contributed by atoms with E-state index in [0.29, 0.717) is 62.8 Å². The second-order valence-electron chi connectivity index (χ2n) is 14.5. The smallest absolute Gasteiger partial charge is 0.317 e. The molecule has 0 aliphatic heterocycles. The van der Waals surface area contributed by atoms with E-state index in [-0.39, 0.29) is 30.3 Å². The summed E-state index contributed by atoms with van der Waals surface area (Å²) >= 11 is 0. The molecule has 0 aromatic heterocycles. The van der Waals surface area contributed by atoms with Gasteiger partial charge in [0.25, 0.3) is 0 Å².